The minimum Gasteiger partial charge on any atom is -0.377 e. The maximum Gasteiger partial charge on any atom is 0.259 e. The van der Waals surface area contributed by atoms with Gasteiger partial charge in [-0.3, -0.25) is 9.59 Å². The zero-order valence-electron chi connectivity index (χ0n) is 15.8. The summed E-state index contributed by atoms with van der Waals surface area (Å²) in [6, 6.07) is 10.5. The van der Waals surface area contributed by atoms with Crippen LogP contribution in [0.4, 0.5) is 11.5 Å². The van der Waals surface area contributed by atoms with E-state index >= 15 is 0 Å². The molecule has 1 aromatic heterocycles. The van der Waals surface area contributed by atoms with Gasteiger partial charge >= 0.3 is 0 Å². The predicted octanol–water partition coefficient (Wildman–Crippen LogP) is 2.26. The van der Waals surface area contributed by atoms with Gasteiger partial charge in [0.05, 0.1) is 24.8 Å². The van der Waals surface area contributed by atoms with Crippen molar-refractivity contribution >= 4 is 23.3 Å². The SMILES string of the molecule is CC1COCCN1C(=O)c1cccc(NC(=O)c2cccnc2N(C)C)c1. The Morgan fingerprint density at radius 2 is 2.07 bits per heavy atom. The van der Waals surface area contributed by atoms with Gasteiger partial charge in [0.15, 0.2) is 0 Å². The van der Waals surface area contributed by atoms with Crippen LogP contribution >= 0.6 is 0 Å². The first-order valence-electron chi connectivity index (χ1n) is 8.90. The molecular weight excluding hydrogens is 344 g/mol. The van der Waals surface area contributed by atoms with E-state index in [4.69, 9.17) is 4.74 Å². The van der Waals surface area contributed by atoms with Gasteiger partial charge in [0, 0.05) is 38.1 Å². The van der Waals surface area contributed by atoms with E-state index in [-0.39, 0.29) is 17.9 Å². The number of hydrogen-bond acceptors (Lipinski definition) is 5. The van der Waals surface area contributed by atoms with Crippen LogP contribution in [0.2, 0.25) is 0 Å². The Bertz CT molecular complexity index is 837. The number of benzene rings is 1. The smallest absolute Gasteiger partial charge is 0.259 e. The highest BCUT2D eigenvalue weighted by Crippen LogP contribution is 2.19. The van der Waals surface area contributed by atoms with Crippen LogP contribution in [0.3, 0.4) is 0 Å². The molecule has 0 saturated carbocycles. The number of anilines is 2. The zero-order chi connectivity index (χ0) is 19.4. The van der Waals surface area contributed by atoms with Crippen LogP contribution in [0.15, 0.2) is 42.6 Å². The second-order valence-electron chi connectivity index (χ2n) is 6.73. The Hall–Kier alpha value is -2.93. The molecule has 0 spiro atoms. The number of nitrogens with one attached hydrogen (secondary N) is 1. The van der Waals surface area contributed by atoms with Crippen molar-refractivity contribution in [3.8, 4) is 0 Å². The number of morpholine rings is 1. The molecule has 7 nitrogen and oxygen atoms in total. The van der Waals surface area contributed by atoms with Crippen LogP contribution in [0.5, 0.6) is 0 Å². The van der Waals surface area contributed by atoms with Crippen LogP contribution < -0.4 is 10.2 Å². The molecule has 3 rings (SSSR count). The van der Waals surface area contributed by atoms with E-state index in [1.807, 2.05) is 21.0 Å². The third-order valence-electron chi connectivity index (χ3n) is 4.45. The van der Waals surface area contributed by atoms with E-state index in [0.717, 1.165) is 0 Å². The monoisotopic (exact) mass is 368 g/mol. The summed E-state index contributed by atoms with van der Waals surface area (Å²) in [5, 5.41) is 2.86. The molecule has 1 atom stereocenters. The molecule has 1 aliphatic rings. The minimum atomic E-state index is -0.267. The van der Waals surface area contributed by atoms with Crippen molar-refractivity contribution in [3.63, 3.8) is 0 Å². The van der Waals surface area contributed by atoms with Gasteiger partial charge in [-0.15, -0.1) is 0 Å². The molecule has 1 fully saturated rings. The summed E-state index contributed by atoms with van der Waals surface area (Å²) in [4.78, 5) is 33.3. The van der Waals surface area contributed by atoms with Crippen LogP contribution in [0.25, 0.3) is 0 Å². The maximum atomic E-state index is 12.8. The van der Waals surface area contributed by atoms with Gasteiger partial charge < -0.3 is 19.9 Å². The number of amides is 2. The Morgan fingerprint density at radius 3 is 2.81 bits per heavy atom. The summed E-state index contributed by atoms with van der Waals surface area (Å²) in [7, 11) is 3.67. The third kappa shape index (κ3) is 4.25. The molecule has 2 aromatic rings. The van der Waals surface area contributed by atoms with Gasteiger partial charge in [-0.2, -0.15) is 0 Å². The Balaban J connectivity index is 1.78. The number of aromatic nitrogens is 1. The van der Waals surface area contributed by atoms with Gasteiger partial charge in [-0.25, -0.2) is 4.98 Å². The van der Waals surface area contributed by atoms with E-state index in [0.29, 0.717) is 42.4 Å². The summed E-state index contributed by atoms with van der Waals surface area (Å²) in [6.45, 7) is 3.61. The lowest BCUT2D eigenvalue weighted by Crippen LogP contribution is -2.47. The molecule has 1 aromatic carbocycles. The molecule has 1 saturated heterocycles. The van der Waals surface area contributed by atoms with E-state index in [1.165, 1.54) is 0 Å². The van der Waals surface area contributed by atoms with Crippen LogP contribution in [-0.4, -0.2) is 61.6 Å². The standard InChI is InChI=1S/C20H24N4O3/c1-14-13-27-11-10-24(14)20(26)15-6-4-7-16(12-15)22-19(25)17-8-5-9-21-18(17)23(2)3/h4-9,12,14H,10-11,13H2,1-3H3,(H,22,25). The summed E-state index contributed by atoms with van der Waals surface area (Å²) in [5.74, 6) is 0.262. The summed E-state index contributed by atoms with van der Waals surface area (Å²) >= 11 is 0. The van der Waals surface area contributed by atoms with Crippen LogP contribution in [-0.2, 0) is 4.74 Å². The van der Waals surface area contributed by atoms with Gasteiger partial charge in [-0.1, -0.05) is 6.07 Å². The van der Waals surface area contributed by atoms with Crippen molar-refractivity contribution in [2.45, 2.75) is 13.0 Å². The summed E-state index contributed by atoms with van der Waals surface area (Å²) in [5.41, 5.74) is 1.59. The molecule has 27 heavy (non-hydrogen) atoms. The highest BCUT2D eigenvalue weighted by molar-refractivity contribution is 6.08. The number of carbonyl (C=O) groups is 2. The number of nitrogens with zero attached hydrogens (tertiary/aromatic N) is 3. The topological polar surface area (TPSA) is 74.8 Å². The zero-order valence-corrected chi connectivity index (χ0v) is 15.8. The highest BCUT2D eigenvalue weighted by atomic mass is 16.5. The minimum absolute atomic E-state index is 0.0301. The fraction of sp³-hybridized carbons (Fsp3) is 0.350. The quantitative estimate of drug-likeness (QED) is 0.896. The van der Waals surface area contributed by atoms with E-state index in [1.54, 1.807) is 52.4 Å². The van der Waals surface area contributed by atoms with Crippen molar-refractivity contribution in [1.29, 1.82) is 0 Å². The molecule has 2 heterocycles. The largest absolute Gasteiger partial charge is 0.377 e. The van der Waals surface area contributed by atoms with Gasteiger partial charge in [0.25, 0.3) is 11.8 Å². The van der Waals surface area contributed by atoms with E-state index < -0.39 is 0 Å². The molecule has 1 aliphatic heterocycles. The summed E-state index contributed by atoms with van der Waals surface area (Å²) < 4.78 is 5.39. The second-order valence-corrected chi connectivity index (χ2v) is 6.73. The Kier molecular flexibility index (Phi) is 5.71. The van der Waals surface area contributed by atoms with Crippen molar-refractivity contribution < 1.29 is 14.3 Å². The maximum absolute atomic E-state index is 12.8. The molecule has 142 valence electrons. The first kappa shape index (κ1) is 18.8. The lowest BCUT2D eigenvalue weighted by molar-refractivity contribution is 0.00359. The molecule has 0 aliphatic carbocycles. The number of ether oxygens (including phenoxy) is 1. The van der Waals surface area contributed by atoms with Crippen LogP contribution in [0, 0.1) is 0 Å². The lowest BCUT2D eigenvalue weighted by Gasteiger charge is -2.33. The molecule has 2 amide bonds. The molecule has 7 heteroatoms. The fourth-order valence-corrected chi connectivity index (χ4v) is 3.05. The van der Waals surface area contributed by atoms with Gasteiger partial charge in [0.2, 0.25) is 0 Å². The third-order valence-corrected chi connectivity index (χ3v) is 4.45. The van der Waals surface area contributed by atoms with E-state index in [9.17, 15) is 9.59 Å². The van der Waals surface area contributed by atoms with Crippen molar-refractivity contribution in [3.05, 3.63) is 53.7 Å². The summed E-state index contributed by atoms with van der Waals surface area (Å²) in [6.07, 6.45) is 1.65. The van der Waals surface area contributed by atoms with Crippen molar-refractivity contribution in [2.75, 3.05) is 44.1 Å². The number of rotatable bonds is 4. The highest BCUT2D eigenvalue weighted by Gasteiger charge is 2.25. The van der Waals surface area contributed by atoms with Gasteiger partial charge in [0.1, 0.15) is 5.82 Å². The molecular formula is C20H24N4O3. The first-order chi connectivity index (χ1) is 13.0. The van der Waals surface area contributed by atoms with E-state index in [2.05, 4.69) is 10.3 Å². The number of carbonyl (C=O) groups excluding carboxylic acids is 2. The lowest BCUT2D eigenvalue weighted by atomic mass is 10.1. The van der Waals surface area contributed by atoms with Crippen LogP contribution in [0.1, 0.15) is 27.6 Å². The Morgan fingerprint density at radius 1 is 1.26 bits per heavy atom. The average Bonchev–Trinajstić information content (AvgIpc) is 2.68. The molecule has 0 bridgehead atoms. The fourth-order valence-electron chi connectivity index (χ4n) is 3.05. The van der Waals surface area contributed by atoms with Crippen molar-refractivity contribution in [1.82, 2.24) is 9.88 Å². The molecule has 0 radical (unpaired) electrons. The first-order valence-corrected chi connectivity index (χ1v) is 8.90. The van der Waals surface area contributed by atoms with Gasteiger partial charge in [-0.05, 0) is 37.3 Å². The number of pyridine rings is 1. The molecule has 1 N–H and O–H groups in total. The number of hydrogen-bond donors (Lipinski definition) is 1. The molecule has 1 unspecified atom stereocenters. The normalized spacial score (nSPS) is 16.7. The average molecular weight is 368 g/mol. The predicted molar refractivity (Wildman–Crippen MR) is 104 cm³/mol. The van der Waals surface area contributed by atoms with Crippen molar-refractivity contribution in [2.24, 2.45) is 0 Å². The second kappa shape index (κ2) is 8.18. The Labute approximate surface area is 158 Å².